The molecule has 0 amide bonds. The minimum atomic E-state index is -3.75. The van der Waals surface area contributed by atoms with Gasteiger partial charge in [0.2, 0.25) is 10.0 Å². The van der Waals surface area contributed by atoms with E-state index in [9.17, 15) is 13.2 Å². The van der Waals surface area contributed by atoms with Crippen molar-refractivity contribution >= 4 is 16.0 Å². The summed E-state index contributed by atoms with van der Waals surface area (Å²) in [5.74, 6) is -1.35. The number of aliphatic carboxylic acids is 1. The zero-order chi connectivity index (χ0) is 11.9. The molecule has 0 aromatic heterocycles. The highest BCUT2D eigenvalue weighted by atomic mass is 32.2. The molecule has 7 heteroatoms. The number of sulfonamides is 1. The lowest BCUT2D eigenvalue weighted by Gasteiger charge is -2.09. The summed E-state index contributed by atoms with van der Waals surface area (Å²) in [6.45, 7) is 4.21. The van der Waals surface area contributed by atoms with Crippen LogP contribution in [0.3, 0.4) is 0 Å². The highest BCUT2D eigenvalue weighted by Crippen LogP contribution is 1.98. The van der Waals surface area contributed by atoms with E-state index < -0.39 is 21.2 Å². The maximum absolute atomic E-state index is 11.3. The van der Waals surface area contributed by atoms with E-state index in [2.05, 4.69) is 4.72 Å². The molecule has 6 nitrogen and oxygen atoms in total. The first kappa shape index (κ1) is 14.3. The molecule has 1 unspecified atom stereocenters. The molecule has 0 fully saturated rings. The minimum Gasteiger partial charge on any atom is -0.480 e. The number of carbonyl (C=O) groups is 1. The minimum absolute atomic E-state index is 0.194. The average Bonchev–Trinajstić information content (AvgIpc) is 2.16. The van der Waals surface area contributed by atoms with Crippen molar-refractivity contribution in [1.82, 2.24) is 4.72 Å². The Hall–Kier alpha value is -0.660. The van der Waals surface area contributed by atoms with Crippen molar-refractivity contribution in [2.24, 2.45) is 0 Å². The van der Waals surface area contributed by atoms with Crippen LogP contribution in [0.25, 0.3) is 0 Å². The van der Waals surface area contributed by atoms with Crippen LogP contribution in [0.15, 0.2) is 0 Å². The SMILES string of the molecule is CCOCCCNS(=O)(=O)C(C)C(=O)O. The summed E-state index contributed by atoms with van der Waals surface area (Å²) < 4.78 is 29.8. The molecule has 0 spiro atoms. The molecule has 0 aromatic carbocycles. The first-order chi connectivity index (χ1) is 6.91. The van der Waals surface area contributed by atoms with Crippen molar-refractivity contribution in [2.75, 3.05) is 19.8 Å². The van der Waals surface area contributed by atoms with Gasteiger partial charge >= 0.3 is 5.97 Å². The summed E-state index contributed by atoms with van der Waals surface area (Å²) in [6, 6.07) is 0. The maximum atomic E-state index is 11.3. The molecule has 2 N–H and O–H groups in total. The molecule has 0 radical (unpaired) electrons. The van der Waals surface area contributed by atoms with Crippen LogP contribution in [0.5, 0.6) is 0 Å². The monoisotopic (exact) mass is 239 g/mol. The number of rotatable bonds is 8. The van der Waals surface area contributed by atoms with Gasteiger partial charge in [-0.05, 0) is 20.3 Å². The Balaban J connectivity index is 3.90. The van der Waals surface area contributed by atoms with E-state index in [1.807, 2.05) is 6.92 Å². The third kappa shape index (κ3) is 5.71. The molecule has 0 bridgehead atoms. The van der Waals surface area contributed by atoms with E-state index in [0.717, 1.165) is 6.92 Å². The number of carboxylic acids is 1. The number of nitrogens with one attached hydrogen (secondary N) is 1. The fourth-order valence-electron chi connectivity index (χ4n) is 0.791. The lowest BCUT2D eigenvalue weighted by molar-refractivity contribution is -0.136. The van der Waals surface area contributed by atoms with Gasteiger partial charge < -0.3 is 9.84 Å². The Bertz CT molecular complexity index is 287. The molecule has 15 heavy (non-hydrogen) atoms. The van der Waals surface area contributed by atoms with E-state index in [1.165, 1.54) is 0 Å². The fraction of sp³-hybridized carbons (Fsp3) is 0.875. The summed E-state index contributed by atoms with van der Waals surface area (Å²) in [4.78, 5) is 10.4. The van der Waals surface area contributed by atoms with Crippen molar-refractivity contribution in [3.63, 3.8) is 0 Å². The molecule has 0 aliphatic heterocycles. The van der Waals surface area contributed by atoms with Gasteiger partial charge in [-0.15, -0.1) is 0 Å². The number of carboxylic acid groups (broad SMARTS) is 1. The lowest BCUT2D eigenvalue weighted by Crippen LogP contribution is -2.38. The summed E-state index contributed by atoms with van der Waals surface area (Å²) in [7, 11) is -3.75. The first-order valence-electron chi connectivity index (χ1n) is 4.70. The van der Waals surface area contributed by atoms with Crippen LogP contribution >= 0.6 is 0 Å². The maximum Gasteiger partial charge on any atom is 0.323 e. The van der Waals surface area contributed by atoms with Crippen LogP contribution in [-0.4, -0.2) is 44.5 Å². The van der Waals surface area contributed by atoms with Gasteiger partial charge in [0.05, 0.1) is 0 Å². The normalized spacial score (nSPS) is 13.7. The molecule has 0 aliphatic carbocycles. The largest absolute Gasteiger partial charge is 0.480 e. The van der Waals surface area contributed by atoms with Crippen LogP contribution < -0.4 is 4.72 Å². The molecule has 0 aromatic rings. The molecule has 0 heterocycles. The third-order valence-corrected chi connectivity index (χ3v) is 3.53. The Morgan fingerprint density at radius 1 is 1.53 bits per heavy atom. The molecule has 0 rings (SSSR count). The lowest BCUT2D eigenvalue weighted by atomic mass is 10.5. The van der Waals surface area contributed by atoms with Crippen molar-refractivity contribution in [3.05, 3.63) is 0 Å². The van der Waals surface area contributed by atoms with Gasteiger partial charge in [-0.25, -0.2) is 13.1 Å². The second kappa shape index (κ2) is 6.76. The van der Waals surface area contributed by atoms with Gasteiger partial charge in [0, 0.05) is 19.8 Å². The first-order valence-corrected chi connectivity index (χ1v) is 6.25. The van der Waals surface area contributed by atoms with E-state index in [0.29, 0.717) is 19.6 Å². The molecule has 0 aliphatic rings. The standard InChI is InChI=1S/C8H17NO5S/c1-3-14-6-4-5-9-15(12,13)7(2)8(10)11/h7,9H,3-6H2,1-2H3,(H,10,11). The van der Waals surface area contributed by atoms with Gasteiger partial charge in [-0.2, -0.15) is 0 Å². The van der Waals surface area contributed by atoms with Gasteiger partial charge in [-0.1, -0.05) is 0 Å². The van der Waals surface area contributed by atoms with E-state index in [4.69, 9.17) is 9.84 Å². The summed E-state index contributed by atoms with van der Waals surface area (Å²) >= 11 is 0. The molecule has 90 valence electrons. The fourth-order valence-corrected chi connectivity index (χ4v) is 1.74. The van der Waals surface area contributed by atoms with Crippen LogP contribution in [0, 0.1) is 0 Å². The highest BCUT2D eigenvalue weighted by molar-refractivity contribution is 7.90. The van der Waals surface area contributed by atoms with Crippen molar-refractivity contribution in [3.8, 4) is 0 Å². The zero-order valence-corrected chi connectivity index (χ0v) is 9.71. The Labute approximate surface area is 89.7 Å². The van der Waals surface area contributed by atoms with Crippen molar-refractivity contribution in [1.29, 1.82) is 0 Å². The smallest absolute Gasteiger partial charge is 0.323 e. The summed E-state index contributed by atoms with van der Waals surface area (Å²) in [6.07, 6.45) is 0.527. The topological polar surface area (TPSA) is 92.7 Å². The summed E-state index contributed by atoms with van der Waals surface area (Å²) in [5.41, 5.74) is 0. The van der Waals surface area contributed by atoms with Crippen LogP contribution in [0.4, 0.5) is 0 Å². The van der Waals surface area contributed by atoms with Crippen molar-refractivity contribution < 1.29 is 23.1 Å². The van der Waals surface area contributed by atoms with Crippen LogP contribution in [-0.2, 0) is 19.6 Å². The van der Waals surface area contributed by atoms with Crippen LogP contribution in [0.1, 0.15) is 20.3 Å². The molecular weight excluding hydrogens is 222 g/mol. The molecular formula is C8H17NO5S. The van der Waals surface area contributed by atoms with Crippen molar-refractivity contribution in [2.45, 2.75) is 25.5 Å². The second-order valence-corrected chi connectivity index (χ2v) is 5.06. The molecule has 0 saturated carbocycles. The Morgan fingerprint density at radius 2 is 2.13 bits per heavy atom. The number of hydrogen-bond acceptors (Lipinski definition) is 4. The third-order valence-electron chi connectivity index (χ3n) is 1.79. The zero-order valence-electron chi connectivity index (χ0n) is 8.89. The van der Waals surface area contributed by atoms with Gasteiger partial charge in [0.15, 0.2) is 5.25 Å². The number of ether oxygens (including phenoxy) is 1. The molecule has 1 atom stereocenters. The number of hydrogen-bond donors (Lipinski definition) is 2. The Morgan fingerprint density at radius 3 is 2.60 bits per heavy atom. The highest BCUT2D eigenvalue weighted by Gasteiger charge is 2.26. The van der Waals surface area contributed by atoms with Gasteiger partial charge in [0.25, 0.3) is 0 Å². The van der Waals surface area contributed by atoms with E-state index in [1.54, 1.807) is 0 Å². The van der Waals surface area contributed by atoms with Crippen LogP contribution in [0.2, 0.25) is 0 Å². The van der Waals surface area contributed by atoms with Gasteiger partial charge in [-0.3, -0.25) is 4.79 Å². The summed E-state index contributed by atoms with van der Waals surface area (Å²) in [5, 5.41) is 7.09. The van der Waals surface area contributed by atoms with Gasteiger partial charge in [0.1, 0.15) is 0 Å². The average molecular weight is 239 g/mol. The Kier molecular flexibility index (Phi) is 6.46. The predicted molar refractivity (Wildman–Crippen MR) is 55.1 cm³/mol. The predicted octanol–water partition coefficient (Wildman–Crippen LogP) is -0.194. The van der Waals surface area contributed by atoms with E-state index in [-0.39, 0.29) is 6.54 Å². The quantitative estimate of drug-likeness (QED) is 0.572. The second-order valence-electron chi connectivity index (χ2n) is 2.97. The molecule has 0 saturated heterocycles. The van der Waals surface area contributed by atoms with E-state index >= 15 is 0 Å².